The van der Waals surface area contributed by atoms with Crippen LogP contribution in [0.5, 0.6) is 0 Å². The summed E-state index contributed by atoms with van der Waals surface area (Å²) in [5, 5.41) is 0. The van der Waals surface area contributed by atoms with Gasteiger partial charge in [-0.25, -0.2) is 14.4 Å². The number of hydrogen-bond acceptors (Lipinski definition) is 5. The van der Waals surface area contributed by atoms with Crippen molar-refractivity contribution in [1.29, 1.82) is 0 Å². The largest absolute Gasteiger partial charge is 0.383 e. The highest BCUT2D eigenvalue weighted by Crippen LogP contribution is 2.22. The lowest BCUT2D eigenvalue weighted by Gasteiger charge is -2.12. The van der Waals surface area contributed by atoms with Gasteiger partial charge in [-0.1, -0.05) is 0 Å². The highest BCUT2D eigenvalue weighted by atomic mass is 79.9. The summed E-state index contributed by atoms with van der Waals surface area (Å²) in [7, 11) is 3.63. The molecule has 5 nitrogen and oxygen atoms in total. The first-order valence-electron chi connectivity index (χ1n) is 7.84. The summed E-state index contributed by atoms with van der Waals surface area (Å²) in [5.74, 6) is -0.768. The van der Waals surface area contributed by atoms with E-state index in [4.69, 9.17) is 0 Å². The van der Waals surface area contributed by atoms with E-state index in [-0.39, 0.29) is 17.2 Å². The fourth-order valence-corrected chi connectivity index (χ4v) is 2.76. The zero-order chi connectivity index (χ0) is 18.8. The van der Waals surface area contributed by atoms with E-state index in [0.717, 1.165) is 9.99 Å². The van der Waals surface area contributed by atoms with Crippen LogP contribution in [-0.4, -0.2) is 39.7 Å². The van der Waals surface area contributed by atoms with E-state index < -0.39 is 5.82 Å². The van der Waals surface area contributed by atoms with Crippen LogP contribution >= 0.6 is 15.9 Å². The number of fused-ring (bicyclic) bond motifs is 1. The molecular weight excluding hydrogens is 399 g/mol. The number of aryl methyl sites for hydroxylation is 1. The third kappa shape index (κ3) is 3.77. The molecule has 3 heterocycles. The third-order valence-corrected chi connectivity index (χ3v) is 4.10. The number of nitrogens with zero attached hydrogens (tertiary/aromatic N) is 4. The first-order chi connectivity index (χ1) is 12.3. The van der Waals surface area contributed by atoms with Crippen LogP contribution in [0.15, 0.2) is 47.2 Å². The molecule has 0 aliphatic heterocycles. The highest BCUT2D eigenvalue weighted by molar-refractivity contribution is 9.10. The molecule has 0 N–H and O–H groups in total. The van der Waals surface area contributed by atoms with Crippen molar-refractivity contribution in [2.75, 3.05) is 14.1 Å². The molecule has 3 rings (SSSR count). The number of pyridine rings is 3. The van der Waals surface area contributed by atoms with Gasteiger partial charge in [0.2, 0.25) is 5.78 Å². The molecule has 0 amide bonds. The lowest BCUT2D eigenvalue weighted by atomic mass is 10.0. The number of rotatable bonds is 4. The molecule has 3 aromatic heterocycles. The minimum absolute atomic E-state index is 0.172. The summed E-state index contributed by atoms with van der Waals surface area (Å²) in [6.07, 6.45) is 3.37. The zero-order valence-electron chi connectivity index (χ0n) is 14.5. The van der Waals surface area contributed by atoms with Gasteiger partial charge < -0.3 is 4.90 Å². The maximum atomic E-state index is 13.5. The zero-order valence-corrected chi connectivity index (χ0v) is 16.1. The minimum atomic E-state index is -0.445. The predicted molar refractivity (Wildman–Crippen MR) is 102 cm³/mol. The van der Waals surface area contributed by atoms with E-state index in [1.54, 1.807) is 23.4 Å². The second-order valence-corrected chi connectivity index (χ2v) is 6.90. The average molecular weight is 415 g/mol. The summed E-state index contributed by atoms with van der Waals surface area (Å²) in [5.41, 5.74) is 2.61. The second-order valence-electron chi connectivity index (χ2n) is 5.99. The van der Waals surface area contributed by atoms with Gasteiger partial charge in [0.05, 0.1) is 28.0 Å². The van der Waals surface area contributed by atoms with Crippen molar-refractivity contribution in [2.45, 2.75) is 6.92 Å². The van der Waals surface area contributed by atoms with E-state index in [2.05, 4.69) is 30.9 Å². The van der Waals surface area contributed by atoms with Gasteiger partial charge in [-0.15, -0.1) is 0 Å². The van der Waals surface area contributed by atoms with Crippen molar-refractivity contribution < 1.29 is 9.18 Å². The predicted octanol–water partition coefficient (Wildman–Crippen LogP) is 4.02. The van der Waals surface area contributed by atoms with Gasteiger partial charge in [0.1, 0.15) is 11.5 Å². The Labute approximate surface area is 158 Å². The Kier molecular flexibility index (Phi) is 5.08. The maximum Gasteiger partial charge on any atom is 0.214 e. The van der Waals surface area contributed by atoms with Gasteiger partial charge >= 0.3 is 0 Å². The normalized spacial score (nSPS) is 11.7. The second kappa shape index (κ2) is 7.29. The molecule has 0 saturated heterocycles. The van der Waals surface area contributed by atoms with Crippen molar-refractivity contribution in [3.8, 4) is 0 Å². The smallest absolute Gasteiger partial charge is 0.214 e. The molecule has 0 aromatic carbocycles. The summed E-state index contributed by atoms with van der Waals surface area (Å²) in [6.45, 7) is 1.53. The Morgan fingerprint density at radius 3 is 2.54 bits per heavy atom. The molecule has 7 heteroatoms. The van der Waals surface area contributed by atoms with E-state index in [1.807, 2.05) is 26.2 Å². The van der Waals surface area contributed by atoms with E-state index >= 15 is 0 Å². The average Bonchev–Trinajstić information content (AvgIpc) is 2.60. The molecule has 26 heavy (non-hydrogen) atoms. The van der Waals surface area contributed by atoms with E-state index in [1.165, 1.54) is 19.1 Å². The van der Waals surface area contributed by atoms with Crippen LogP contribution in [0, 0.1) is 12.7 Å². The van der Waals surface area contributed by atoms with Crippen LogP contribution in [0.4, 0.5) is 4.39 Å². The number of Topliss-reactive ketones (excluding diaryl/α,β-unsaturated/α-hetero) is 1. The van der Waals surface area contributed by atoms with Gasteiger partial charge in [-0.2, -0.15) is 0 Å². The molecule has 0 spiro atoms. The van der Waals surface area contributed by atoms with Crippen molar-refractivity contribution >= 4 is 38.3 Å². The van der Waals surface area contributed by atoms with Crippen LogP contribution in [0.1, 0.15) is 21.9 Å². The van der Waals surface area contributed by atoms with Crippen molar-refractivity contribution in [2.24, 2.45) is 0 Å². The molecular formula is C19H16BrFN4O. The monoisotopic (exact) mass is 414 g/mol. The van der Waals surface area contributed by atoms with E-state index in [9.17, 15) is 9.18 Å². The Balaban J connectivity index is 2.11. The minimum Gasteiger partial charge on any atom is -0.383 e. The third-order valence-electron chi connectivity index (χ3n) is 3.67. The molecule has 0 saturated carbocycles. The Bertz CT molecular complexity index is 1030. The van der Waals surface area contributed by atoms with Crippen LogP contribution in [0.2, 0.25) is 0 Å². The van der Waals surface area contributed by atoms with Crippen molar-refractivity contribution in [3.63, 3.8) is 0 Å². The van der Waals surface area contributed by atoms with Gasteiger partial charge in [0.25, 0.3) is 0 Å². The molecule has 0 atom stereocenters. The van der Waals surface area contributed by atoms with Crippen LogP contribution in [0.3, 0.4) is 0 Å². The molecule has 0 aliphatic rings. The van der Waals surface area contributed by atoms with Crippen LogP contribution in [-0.2, 0) is 0 Å². The molecule has 132 valence electrons. The first kappa shape index (κ1) is 18.1. The Hall–Kier alpha value is -2.67. The number of aromatic nitrogens is 3. The summed E-state index contributed by atoms with van der Waals surface area (Å²) in [6, 6.07) is 8.02. The number of halogens is 2. The maximum absolute atomic E-state index is 13.5. The number of ketones is 1. The highest BCUT2D eigenvalue weighted by Gasteiger charge is 2.19. The lowest BCUT2D eigenvalue weighted by molar-refractivity contribution is 0.105. The molecule has 0 aliphatic carbocycles. The number of carbonyl (C=O) groups excluding carboxylic acids is 1. The van der Waals surface area contributed by atoms with Gasteiger partial charge in [0, 0.05) is 31.0 Å². The van der Waals surface area contributed by atoms with Crippen molar-refractivity contribution in [3.05, 3.63) is 70.1 Å². The molecule has 3 aromatic rings. The summed E-state index contributed by atoms with van der Waals surface area (Å²) >= 11 is 3.38. The number of carbonyl (C=O) groups is 1. The SMILES string of the molecule is Cc1nc(C(=O)/C(=C/N(C)C)c2ccc3ncc(Br)cc3n2)ccc1F. The fraction of sp³-hybridized carbons (Fsp3) is 0.158. The summed E-state index contributed by atoms with van der Waals surface area (Å²) < 4.78 is 14.3. The number of allylic oxidation sites excluding steroid dienone is 1. The molecule has 0 fully saturated rings. The lowest BCUT2D eigenvalue weighted by Crippen LogP contribution is -2.12. The molecule has 0 radical (unpaired) electrons. The molecule has 0 unspecified atom stereocenters. The quantitative estimate of drug-likeness (QED) is 0.476. The first-order valence-corrected chi connectivity index (χ1v) is 8.63. The standard InChI is InChI=1S/C19H16BrFN4O/c1-11-14(21)4-5-17(23-11)19(26)13(10-25(2)3)15-6-7-16-18(24-15)8-12(20)9-22-16/h4-10H,1-3H3/b13-10+. The van der Waals surface area contributed by atoms with Crippen LogP contribution < -0.4 is 0 Å². The Morgan fingerprint density at radius 1 is 1.12 bits per heavy atom. The van der Waals surface area contributed by atoms with E-state index in [0.29, 0.717) is 16.8 Å². The molecule has 0 bridgehead atoms. The topological polar surface area (TPSA) is 59.0 Å². The number of hydrogen-bond donors (Lipinski definition) is 0. The van der Waals surface area contributed by atoms with Crippen molar-refractivity contribution in [1.82, 2.24) is 19.9 Å². The Morgan fingerprint density at radius 2 is 1.85 bits per heavy atom. The fourth-order valence-electron chi connectivity index (χ4n) is 2.44. The van der Waals surface area contributed by atoms with Gasteiger partial charge in [-0.3, -0.25) is 9.78 Å². The van der Waals surface area contributed by atoms with Gasteiger partial charge in [-0.05, 0) is 53.2 Å². The van der Waals surface area contributed by atoms with Crippen LogP contribution in [0.25, 0.3) is 16.6 Å². The van der Waals surface area contributed by atoms with Gasteiger partial charge in [0.15, 0.2) is 0 Å². The summed E-state index contributed by atoms with van der Waals surface area (Å²) in [4.78, 5) is 27.7.